The Labute approximate surface area is 805 Å². The first-order valence-electron chi connectivity index (χ1n) is 47.0. The number of ether oxygens (including phenoxy) is 2. The number of hydrogen-bond donors (Lipinski definition) is 2. The number of nitrogens with zero attached hydrogens (tertiary/aromatic N) is 1. The summed E-state index contributed by atoms with van der Waals surface area (Å²) in [6.45, 7) is 7.30. The van der Waals surface area contributed by atoms with Gasteiger partial charge in [0.2, 0.25) is 0 Å². The van der Waals surface area contributed by atoms with E-state index in [9.17, 15) is 27.1 Å². The molecule has 5 fully saturated rings. The fraction of sp³-hybridized carbons (Fsp3) is 0.362. The molecule has 2 N–H and O–H groups in total. The molecule has 0 radical (unpaired) electrons. The van der Waals surface area contributed by atoms with E-state index in [0.29, 0.717) is 23.0 Å². The number of hydrogen-bond acceptors (Lipinski definition) is 13. The summed E-state index contributed by atoms with van der Waals surface area (Å²) in [5, 5.41) is 0. The lowest BCUT2D eigenvalue weighted by Gasteiger charge is -2.38. The summed E-state index contributed by atoms with van der Waals surface area (Å²) in [7, 11) is -9.22. The van der Waals surface area contributed by atoms with Crippen LogP contribution in [0.15, 0.2) is 334 Å². The maximum absolute atomic E-state index is 13.7. The standard InChI is InChI=1S/C32H33O4P.C23H28O2.C20H25NO3S.C20H22O2.C18H21O4P.3CH4/c33-37(34-25-27-13-5-1-6-14-27,35-26-28-15-7-2-8-16-28)36-31-21-19-30(20-22-31)32(23-11-4-12-24-32)29-17-9-3-10-18-29;1-22(2,3)21(24)25-20-14-12-19(13-15-20)23(16-8-5-9-17-23)18-10-6-4-7-11-18;1-21(2)25(22,23)24-19-13-11-18(12-14-19)20(15-7-4-8-16-20)17-9-5-3-6-10-17;1-16(21)22-19-12-10-18(11-13-19)20(14-6-3-7-15-20)17-8-4-2-5-9-17;19-23(20,21)22-17-11-9-16(10-12-17)18(13-5-2-6-14-18)15-7-3-1-4-8-15;;;/h1-3,5-10,13-22H,4,11-12,23-26H2;4,6-7,10-15H,5,8-9,16-17H2,1-3H3;3,5-6,9-14H,4,7-8,15-16H2,1-2H3;2,4-5,8-13H,3,6-7,14-15H2,1H3;1,3-4,7-12H,2,5-6,13-14H2,(H2,19,20,21);3*1H4. The van der Waals surface area contributed by atoms with E-state index in [1.54, 1.807) is 24.3 Å². The van der Waals surface area contributed by atoms with Gasteiger partial charge in [-0.15, -0.1) is 0 Å². The topological polar surface area (TPSA) is 211 Å². The van der Waals surface area contributed by atoms with Crippen LogP contribution in [-0.2, 0) is 78.4 Å². The van der Waals surface area contributed by atoms with Crippen molar-refractivity contribution in [3.05, 3.63) is 400 Å². The average molecular weight is 1880 g/mol. The van der Waals surface area contributed by atoms with E-state index < -0.39 is 31.4 Å². The van der Waals surface area contributed by atoms with Gasteiger partial charge in [-0.25, -0.2) is 9.13 Å². The van der Waals surface area contributed by atoms with Crippen molar-refractivity contribution < 1.29 is 68.7 Å². The highest BCUT2D eigenvalue weighted by Gasteiger charge is 2.42. The van der Waals surface area contributed by atoms with Crippen molar-refractivity contribution in [3.63, 3.8) is 0 Å². The third kappa shape index (κ3) is 28.4. The molecule has 0 heterocycles. The largest absolute Gasteiger partial charge is 0.530 e. The number of carbonyl (C=O) groups excluding carboxylic acids is 2. The van der Waals surface area contributed by atoms with Gasteiger partial charge in [0.1, 0.15) is 28.7 Å². The highest BCUT2D eigenvalue weighted by Crippen LogP contribution is 2.54. The van der Waals surface area contributed by atoms with Crippen molar-refractivity contribution in [3.8, 4) is 28.7 Å². The summed E-state index contributed by atoms with van der Waals surface area (Å²) < 4.78 is 87.5. The summed E-state index contributed by atoms with van der Waals surface area (Å²) in [6, 6.07) is 112. The number of phosphoric acid groups is 2. The second kappa shape index (κ2) is 49.8. The van der Waals surface area contributed by atoms with Crippen molar-refractivity contribution in [2.24, 2.45) is 5.41 Å². The molecule has 716 valence electrons. The van der Waals surface area contributed by atoms with Crippen molar-refractivity contribution in [2.75, 3.05) is 14.1 Å². The fourth-order valence-electron chi connectivity index (χ4n) is 19.9. The summed E-state index contributed by atoms with van der Waals surface area (Å²) in [6.07, 6.45) is 30.1. The van der Waals surface area contributed by atoms with Crippen LogP contribution in [-0.4, -0.2) is 48.5 Å². The molecule has 5 aliphatic rings. The highest BCUT2D eigenvalue weighted by atomic mass is 32.2. The summed E-state index contributed by atoms with van der Waals surface area (Å²) in [5.41, 5.74) is 14.6. The first-order chi connectivity index (χ1) is 63.7. The Morgan fingerprint density at radius 2 is 0.526 bits per heavy atom. The number of rotatable bonds is 25. The predicted octanol–water partition coefficient (Wildman–Crippen LogP) is 30.0. The van der Waals surface area contributed by atoms with Crippen LogP contribution in [0.2, 0.25) is 0 Å². The lowest BCUT2D eigenvalue weighted by atomic mass is 9.65. The lowest BCUT2D eigenvalue weighted by molar-refractivity contribution is -0.143. The molecule has 5 saturated carbocycles. The Morgan fingerprint density at radius 1 is 0.311 bits per heavy atom. The molecule has 12 aromatic carbocycles. The van der Waals surface area contributed by atoms with E-state index in [1.807, 2.05) is 154 Å². The molecule has 0 spiro atoms. The number of phosphoric ester groups is 2. The third-order valence-electron chi connectivity index (χ3n) is 26.8. The minimum absolute atomic E-state index is 0. The van der Waals surface area contributed by atoms with Gasteiger partial charge in [-0.3, -0.25) is 28.4 Å². The van der Waals surface area contributed by atoms with Gasteiger partial charge >= 0.3 is 37.9 Å². The average Bonchev–Trinajstić information content (AvgIpc) is 0.790. The minimum Gasteiger partial charge on any atom is -0.427 e. The Hall–Kier alpha value is -10.8. The molecule has 12 aromatic rings. The summed E-state index contributed by atoms with van der Waals surface area (Å²) >= 11 is 0. The van der Waals surface area contributed by atoms with Crippen molar-refractivity contribution in [2.45, 2.75) is 251 Å². The van der Waals surface area contributed by atoms with Crippen LogP contribution in [0.5, 0.6) is 28.7 Å². The molecule has 0 bridgehead atoms. The molecule has 0 unspecified atom stereocenters. The fourth-order valence-corrected chi connectivity index (χ4v) is 22.0. The number of benzene rings is 12. The van der Waals surface area contributed by atoms with Crippen molar-refractivity contribution in [1.29, 1.82) is 0 Å². The van der Waals surface area contributed by atoms with E-state index in [1.165, 1.54) is 199 Å². The van der Waals surface area contributed by atoms with E-state index in [4.69, 9.17) is 37.0 Å². The van der Waals surface area contributed by atoms with Crippen LogP contribution in [0.1, 0.15) is 277 Å². The molecule has 17 rings (SSSR count). The van der Waals surface area contributed by atoms with E-state index in [-0.39, 0.29) is 80.3 Å². The lowest BCUT2D eigenvalue weighted by Crippen LogP contribution is -2.30. The smallest absolute Gasteiger partial charge is 0.427 e. The second-order valence-corrected chi connectivity index (χ2v) is 41.4. The second-order valence-electron chi connectivity index (χ2n) is 36.9. The van der Waals surface area contributed by atoms with E-state index >= 15 is 0 Å². The first kappa shape index (κ1) is 106. The van der Waals surface area contributed by atoms with Gasteiger partial charge in [-0.2, -0.15) is 12.7 Å². The maximum Gasteiger partial charge on any atom is 0.530 e. The molecular weight excluding hydrogens is 1740 g/mol. The van der Waals surface area contributed by atoms with Gasteiger partial charge in [0.25, 0.3) is 0 Å². The highest BCUT2D eigenvalue weighted by molar-refractivity contribution is 7.84. The van der Waals surface area contributed by atoms with Crippen LogP contribution in [0.3, 0.4) is 0 Å². The van der Waals surface area contributed by atoms with Gasteiger partial charge in [-0.05, 0) is 212 Å². The monoisotopic (exact) mass is 1880 g/mol. The normalized spacial score (nSPS) is 16.3. The van der Waals surface area contributed by atoms with Gasteiger partial charge < -0.3 is 22.7 Å². The molecule has 0 atom stereocenters. The van der Waals surface area contributed by atoms with Gasteiger partial charge in [-0.1, -0.05) is 392 Å². The Morgan fingerprint density at radius 3 is 0.756 bits per heavy atom. The molecule has 0 amide bonds. The zero-order chi connectivity index (χ0) is 93.0. The summed E-state index contributed by atoms with van der Waals surface area (Å²) in [5.74, 6) is 1.78. The maximum atomic E-state index is 13.7. The first-order valence-corrected chi connectivity index (χ1v) is 51.3. The van der Waals surface area contributed by atoms with Gasteiger partial charge in [0.15, 0.2) is 0 Å². The van der Waals surface area contributed by atoms with Crippen LogP contribution in [0, 0.1) is 5.41 Å². The Bertz CT molecular complexity index is 5700. The van der Waals surface area contributed by atoms with Crippen LogP contribution in [0.4, 0.5) is 0 Å². The Balaban J connectivity index is 0.000000176. The molecule has 0 saturated heterocycles. The predicted molar refractivity (Wildman–Crippen MR) is 547 cm³/mol. The summed E-state index contributed by atoms with van der Waals surface area (Å²) in [4.78, 5) is 41.0. The third-order valence-corrected chi connectivity index (χ3v) is 29.9. The van der Waals surface area contributed by atoms with Gasteiger partial charge in [0.05, 0.1) is 18.6 Å². The molecule has 0 aromatic heterocycles. The van der Waals surface area contributed by atoms with Crippen molar-refractivity contribution in [1.82, 2.24) is 4.31 Å². The van der Waals surface area contributed by atoms with Crippen LogP contribution >= 0.6 is 15.6 Å². The van der Waals surface area contributed by atoms with Crippen LogP contribution < -0.4 is 22.7 Å². The molecule has 135 heavy (non-hydrogen) atoms. The molecule has 19 heteroatoms. The molecular formula is C116H141NO15P2S. The molecule has 5 aliphatic carbocycles. The van der Waals surface area contributed by atoms with Gasteiger partial charge in [0, 0.05) is 48.1 Å². The van der Waals surface area contributed by atoms with Crippen LogP contribution in [0.25, 0.3) is 0 Å². The van der Waals surface area contributed by atoms with Crippen molar-refractivity contribution >= 4 is 37.9 Å². The number of esters is 2. The van der Waals surface area contributed by atoms with E-state index in [0.717, 1.165) is 54.0 Å². The zero-order valence-electron chi connectivity index (χ0n) is 77.3. The van der Waals surface area contributed by atoms with E-state index in [2.05, 4.69) is 180 Å². The zero-order valence-corrected chi connectivity index (χ0v) is 79.9. The molecule has 0 aliphatic heterocycles. The molecule has 16 nitrogen and oxygen atoms in total. The minimum atomic E-state index is -4.51. The quantitative estimate of drug-likeness (QED) is 0.0310. The Kier molecular flexibility index (Phi) is 39.2. The number of carbonyl (C=O) groups is 2. The SMILES string of the molecule is C.C.C.CC(=O)Oc1ccc(C2(c3ccccc3)CCCCC2)cc1.CC(C)(C)C(=O)Oc1ccc(C2(c3ccccc3)CCCCC2)cc1.CN(C)S(=O)(=O)Oc1ccc(C2(c3ccccc3)CCCCC2)cc1.O=P(O)(O)Oc1ccc(C2(c3ccccc3)CCCCC2)cc1.O=P(OCc1ccccc1)(OCc1ccccc1)Oc1ccc(C2(c3ccccc3)CCCCC2)cc1.